The third-order valence-electron chi connectivity index (χ3n) is 3.64. The summed E-state index contributed by atoms with van der Waals surface area (Å²) in [5.41, 5.74) is 0. The van der Waals surface area contributed by atoms with Crippen molar-refractivity contribution in [3.8, 4) is 11.8 Å². The van der Waals surface area contributed by atoms with Crippen LogP contribution in [0, 0.1) is 11.8 Å². The van der Waals surface area contributed by atoms with E-state index in [1.165, 1.54) is 0 Å². The maximum absolute atomic E-state index is 12.3. The van der Waals surface area contributed by atoms with Crippen LogP contribution in [0.4, 0.5) is 4.79 Å². The fourth-order valence-electron chi connectivity index (χ4n) is 2.71. The summed E-state index contributed by atoms with van der Waals surface area (Å²) in [6.45, 7) is 4.78. The van der Waals surface area contributed by atoms with E-state index in [2.05, 4.69) is 17.2 Å². The molecule has 1 N–H and O–H groups in total. The fraction of sp³-hybridized carbons (Fsp3) is 0.714. The van der Waals surface area contributed by atoms with Crippen LogP contribution in [-0.4, -0.2) is 54.0 Å². The van der Waals surface area contributed by atoms with E-state index in [-0.39, 0.29) is 18.0 Å². The van der Waals surface area contributed by atoms with E-state index in [1.807, 2.05) is 9.80 Å². The van der Waals surface area contributed by atoms with Gasteiger partial charge in [-0.05, 0) is 38.5 Å². The SMILES string of the molecule is CC#CC(=O)NC1CCCN(C(=O)N2CCCC2)C1. The highest BCUT2D eigenvalue weighted by atomic mass is 16.2. The van der Waals surface area contributed by atoms with Crippen LogP contribution < -0.4 is 5.32 Å². The lowest BCUT2D eigenvalue weighted by molar-refractivity contribution is -0.116. The maximum atomic E-state index is 12.3. The quantitative estimate of drug-likeness (QED) is 0.712. The molecule has 104 valence electrons. The van der Waals surface area contributed by atoms with Gasteiger partial charge in [-0.15, -0.1) is 0 Å². The highest BCUT2D eigenvalue weighted by molar-refractivity contribution is 5.93. The molecule has 2 heterocycles. The summed E-state index contributed by atoms with van der Waals surface area (Å²) in [5.74, 6) is 4.82. The Kier molecular flexibility index (Phi) is 4.67. The van der Waals surface area contributed by atoms with E-state index in [1.54, 1.807) is 6.92 Å². The van der Waals surface area contributed by atoms with Crippen molar-refractivity contribution >= 4 is 11.9 Å². The van der Waals surface area contributed by atoms with Gasteiger partial charge in [0.15, 0.2) is 0 Å². The smallest absolute Gasteiger partial charge is 0.320 e. The second kappa shape index (κ2) is 6.46. The largest absolute Gasteiger partial charge is 0.341 e. The highest BCUT2D eigenvalue weighted by Crippen LogP contribution is 2.15. The zero-order valence-electron chi connectivity index (χ0n) is 11.4. The van der Waals surface area contributed by atoms with Crippen LogP contribution in [0.2, 0.25) is 0 Å². The molecule has 3 amide bonds. The minimum Gasteiger partial charge on any atom is -0.341 e. The summed E-state index contributed by atoms with van der Waals surface area (Å²) >= 11 is 0. The van der Waals surface area contributed by atoms with E-state index >= 15 is 0 Å². The molecule has 2 aliphatic heterocycles. The maximum Gasteiger partial charge on any atom is 0.320 e. The van der Waals surface area contributed by atoms with Gasteiger partial charge in [0.1, 0.15) is 0 Å². The number of nitrogens with one attached hydrogen (secondary N) is 1. The van der Waals surface area contributed by atoms with Gasteiger partial charge >= 0.3 is 6.03 Å². The molecule has 2 fully saturated rings. The molecular weight excluding hydrogens is 242 g/mol. The Morgan fingerprint density at radius 1 is 1.11 bits per heavy atom. The number of nitrogens with zero attached hydrogens (tertiary/aromatic N) is 2. The molecule has 2 rings (SSSR count). The molecule has 0 aromatic heterocycles. The summed E-state index contributed by atoms with van der Waals surface area (Å²) < 4.78 is 0. The second-order valence-electron chi connectivity index (χ2n) is 5.11. The van der Waals surface area contributed by atoms with Crippen LogP contribution in [0.15, 0.2) is 0 Å². The number of piperidine rings is 1. The summed E-state index contributed by atoms with van der Waals surface area (Å²) in [6, 6.07) is 0.159. The fourth-order valence-corrected chi connectivity index (χ4v) is 2.71. The lowest BCUT2D eigenvalue weighted by Gasteiger charge is -2.35. The molecule has 0 radical (unpaired) electrons. The zero-order chi connectivity index (χ0) is 13.7. The van der Waals surface area contributed by atoms with E-state index in [4.69, 9.17) is 0 Å². The predicted molar refractivity (Wildman–Crippen MR) is 72.4 cm³/mol. The number of likely N-dealkylation sites (tertiary alicyclic amines) is 2. The Balaban J connectivity index is 1.87. The first-order valence-corrected chi connectivity index (χ1v) is 6.98. The standard InChI is InChI=1S/C14H21N3O2/c1-2-6-13(18)15-12-7-5-10-17(11-12)14(19)16-8-3-4-9-16/h12H,3-5,7-11H2,1H3,(H,15,18). The Hall–Kier alpha value is -1.70. The second-order valence-corrected chi connectivity index (χ2v) is 5.11. The minimum atomic E-state index is -0.247. The Bertz CT molecular complexity index is 405. The van der Waals surface area contributed by atoms with Gasteiger partial charge in [-0.1, -0.05) is 5.92 Å². The molecule has 5 nitrogen and oxygen atoms in total. The molecule has 2 saturated heterocycles. The van der Waals surface area contributed by atoms with Gasteiger partial charge in [-0.2, -0.15) is 0 Å². The van der Waals surface area contributed by atoms with Crippen molar-refractivity contribution in [3.63, 3.8) is 0 Å². The molecule has 1 atom stereocenters. The Morgan fingerprint density at radius 3 is 2.47 bits per heavy atom. The van der Waals surface area contributed by atoms with Gasteiger partial charge in [-0.3, -0.25) is 4.79 Å². The first-order chi connectivity index (χ1) is 9.20. The minimum absolute atomic E-state index is 0.0358. The molecule has 0 bridgehead atoms. The van der Waals surface area contributed by atoms with E-state index in [9.17, 15) is 9.59 Å². The van der Waals surface area contributed by atoms with E-state index in [0.29, 0.717) is 6.54 Å². The highest BCUT2D eigenvalue weighted by Gasteiger charge is 2.28. The lowest BCUT2D eigenvalue weighted by atomic mass is 10.1. The van der Waals surface area contributed by atoms with Crippen molar-refractivity contribution in [2.45, 2.75) is 38.6 Å². The average molecular weight is 263 g/mol. The van der Waals surface area contributed by atoms with Crippen molar-refractivity contribution < 1.29 is 9.59 Å². The van der Waals surface area contributed by atoms with Gasteiger partial charge in [-0.25, -0.2) is 4.79 Å². The van der Waals surface area contributed by atoms with Crippen molar-refractivity contribution in [2.24, 2.45) is 0 Å². The molecule has 1 unspecified atom stereocenters. The monoisotopic (exact) mass is 263 g/mol. The zero-order valence-corrected chi connectivity index (χ0v) is 11.4. The molecule has 0 aromatic rings. The van der Waals surface area contributed by atoms with Crippen LogP contribution in [0.1, 0.15) is 32.6 Å². The third-order valence-corrected chi connectivity index (χ3v) is 3.64. The molecule has 5 heteroatoms. The topological polar surface area (TPSA) is 52.7 Å². The summed E-state index contributed by atoms with van der Waals surface area (Å²) in [5, 5.41) is 2.87. The van der Waals surface area contributed by atoms with Crippen LogP contribution in [0.3, 0.4) is 0 Å². The number of urea groups is 1. The lowest BCUT2D eigenvalue weighted by Crippen LogP contribution is -2.52. The summed E-state index contributed by atoms with van der Waals surface area (Å²) in [7, 11) is 0. The first kappa shape index (κ1) is 13.7. The van der Waals surface area contributed by atoms with E-state index in [0.717, 1.165) is 45.3 Å². The molecule has 0 spiro atoms. The molecular formula is C14H21N3O2. The molecule has 0 saturated carbocycles. The van der Waals surface area contributed by atoms with Gasteiger partial charge in [0.25, 0.3) is 5.91 Å². The van der Waals surface area contributed by atoms with Crippen molar-refractivity contribution in [1.29, 1.82) is 0 Å². The normalized spacial score (nSPS) is 22.7. The average Bonchev–Trinajstić information content (AvgIpc) is 2.92. The molecule has 0 aromatic carbocycles. The van der Waals surface area contributed by atoms with Crippen LogP contribution >= 0.6 is 0 Å². The van der Waals surface area contributed by atoms with Crippen molar-refractivity contribution in [3.05, 3.63) is 0 Å². The number of rotatable bonds is 1. The number of carbonyl (C=O) groups is 2. The van der Waals surface area contributed by atoms with Gasteiger partial charge in [0, 0.05) is 32.2 Å². The third kappa shape index (κ3) is 3.63. The summed E-state index contributed by atoms with van der Waals surface area (Å²) in [4.78, 5) is 27.5. The molecule has 2 aliphatic rings. The van der Waals surface area contributed by atoms with Crippen LogP contribution in [0.5, 0.6) is 0 Å². The van der Waals surface area contributed by atoms with Gasteiger partial charge < -0.3 is 15.1 Å². The Labute approximate surface area is 114 Å². The van der Waals surface area contributed by atoms with Crippen LogP contribution in [-0.2, 0) is 4.79 Å². The number of amides is 3. The molecule has 0 aliphatic carbocycles. The number of carbonyl (C=O) groups excluding carboxylic acids is 2. The number of hydrogen-bond donors (Lipinski definition) is 1. The molecule has 19 heavy (non-hydrogen) atoms. The summed E-state index contributed by atoms with van der Waals surface area (Å²) in [6.07, 6.45) is 4.06. The Morgan fingerprint density at radius 2 is 1.79 bits per heavy atom. The predicted octanol–water partition coefficient (Wildman–Crippen LogP) is 0.806. The van der Waals surface area contributed by atoms with Crippen molar-refractivity contribution in [2.75, 3.05) is 26.2 Å². The number of hydrogen-bond acceptors (Lipinski definition) is 2. The van der Waals surface area contributed by atoms with E-state index < -0.39 is 0 Å². The van der Waals surface area contributed by atoms with Gasteiger partial charge in [0.2, 0.25) is 0 Å². The van der Waals surface area contributed by atoms with Crippen LogP contribution in [0.25, 0.3) is 0 Å². The van der Waals surface area contributed by atoms with Crippen molar-refractivity contribution in [1.82, 2.24) is 15.1 Å². The van der Waals surface area contributed by atoms with Gasteiger partial charge in [0.05, 0.1) is 0 Å². The first-order valence-electron chi connectivity index (χ1n) is 6.98.